The van der Waals surface area contributed by atoms with E-state index in [0.717, 1.165) is 54.3 Å². The van der Waals surface area contributed by atoms with Crippen molar-refractivity contribution < 1.29 is 18.7 Å². The number of amides is 2. The summed E-state index contributed by atoms with van der Waals surface area (Å²) >= 11 is 0. The number of aliphatic hydroxyl groups is 1. The Kier molecular flexibility index (Phi) is 6.79. The van der Waals surface area contributed by atoms with Crippen LogP contribution in [0, 0.1) is 11.6 Å². The number of halogens is 2. The summed E-state index contributed by atoms with van der Waals surface area (Å²) in [5, 5.41) is 12.7. The van der Waals surface area contributed by atoms with Crippen LogP contribution in [0.1, 0.15) is 24.3 Å². The van der Waals surface area contributed by atoms with Gasteiger partial charge in [0.05, 0.1) is 12.3 Å². The van der Waals surface area contributed by atoms with E-state index >= 15 is 0 Å². The highest BCUT2D eigenvalue weighted by atomic mass is 19.1. The summed E-state index contributed by atoms with van der Waals surface area (Å²) in [5.41, 5.74) is 3.24. The minimum atomic E-state index is -0.672. The molecule has 3 atom stereocenters. The van der Waals surface area contributed by atoms with Crippen LogP contribution >= 0.6 is 0 Å². The Bertz CT molecular complexity index is 1170. The molecule has 0 radical (unpaired) electrons. The molecular weight excluding hydrogens is 448 g/mol. The number of anilines is 1. The first-order valence-corrected chi connectivity index (χ1v) is 12.1. The average molecular weight is 478 g/mol. The molecule has 0 unspecified atom stereocenters. The normalized spacial score (nSPS) is 22.5. The topological polar surface area (TPSA) is 55.8 Å². The van der Waals surface area contributed by atoms with E-state index in [1.807, 2.05) is 18.2 Å². The third kappa shape index (κ3) is 4.79. The van der Waals surface area contributed by atoms with Gasteiger partial charge in [0.25, 0.3) is 0 Å². The molecule has 0 saturated carbocycles. The van der Waals surface area contributed by atoms with Crippen molar-refractivity contribution in [2.24, 2.45) is 0 Å². The minimum Gasteiger partial charge on any atom is -0.395 e. The number of carbonyl (C=O) groups is 1. The van der Waals surface area contributed by atoms with Gasteiger partial charge >= 0.3 is 6.03 Å². The van der Waals surface area contributed by atoms with Crippen molar-refractivity contribution in [3.63, 3.8) is 0 Å². The third-order valence-corrected chi connectivity index (χ3v) is 7.23. The number of aliphatic hydroxyl groups excluding tert-OH is 1. The molecule has 2 aliphatic rings. The smallest absolute Gasteiger partial charge is 0.321 e. The monoisotopic (exact) mass is 477 g/mol. The summed E-state index contributed by atoms with van der Waals surface area (Å²) in [7, 11) is 0. The lowest BCUT2D eigenvalue weighted by atomic mass is 9.74. The highest BCUT2D eigenvalue weighted by Crippen LogP contribution is 2.42. The summed E-state index contributed by atoms with van der Waals surface area (Å²) in [4.78, 5) is 17.0. The van der Waals surface area contributed by atoms with Crippen molar-refractivity contribution in [2.75, 3.05) is 31.6 Å². The zero-order chi connectivity index (χ0) is 24.4. The first-order chi connectivity index (χ1) is 17.0. The summed E-state index contributed by atoms with van der Waals surface area (Å²) in [6.45, 7) is 1.89. The maximum absolute atomic E-state index is 14.1. The van der Waals surface area contributed by atoms with Gasteiger partial charge in [0.2, 0.25) is 0 Å². The number of hydrogen-bond donors (Lipinski definition) is 2. The molecule has 0 aliphatic carbocycles. The number of rotatable bonds is 4. The van der Waals surface area contributed by atoms with E-state index in [0.29, 0.717) is 13.1 Å². The highest BCUT2D eigenvalue weighted by molar-refractivity contribution is 5.89. The molecule has 35 heavy (non-hydrogen) atoms. The maximum Gasteiger partial charge on any atom is 0.321 e. The van der Waals surface area contributed by atoms with E-state index in [1.54, 1.807) is 4.90 Å². The van der Waals surface area contributed by atoms with Gasteiger partial charge < -0.3 is 15.3 Å². The Labute approximate surface area is 204 Å². The third-order valence-electron chi connectivity index (χ3n) is 7.23. The standard InChI is InChI=1S/C28H29F2N3O2/c29-22-12-13-23(30)24(16-22)31-28(35)32-14-4-5-15-33-25(17-32)27(26(33)18-34)21-10-8-20(9-11-21)19-6-2-1-3-7-19/h1-3,6-13,16,25-27,34H,4-5,14-15,17-18H2,(H,31,35)/t25-,26-,27-/m1/s1. The van der Waals surface area contributed by atoms with Crippen LogP contribution in [0.5, 0.6) is 0 Å². The molecule has 2 N–H and O–H groups in total. The predicted molar refractivity (Wildman–Crippen MR) is 132 cm³/mol. The molecule has 0 bridgehead atoms. The summed E-state index contributed by atoms with van der Waals surface area (Å²) in [5.74, 6) is -1.21. The van der Waals surface area contributed by atoms with Crippen molar-refractivity contribution in [3.8, 4) is 11.1 Å². The zero-order valence-corrected chi connectivity index (χ0v) is 19.4. The Morgan fingerprint density at radius 1 is 0.943 bits per heavy atom. The summed E-state index contributed by atoms with van der Waals surface area (Å²) in [6, 6.07) is 21.2. The van der Waals surface area contributed by atoms with Crippen LogP contribution in [0.15, 0.2) is 72.8 Å². The highest BCUT2D eigenvalue weighted by Gasteiger charge is 2.49. The fraction of sp³-hybridized carbons (Fsp3) is 0.321. The van der Waals surface area contributed by atoms with Crippen molar-refractivity contribution in [1.82, 2.24) is 9.80 Å². The predicted octanol–water partition coefficient (Wildman–Crippen LogP) is 5.09. The molecule has 182 valence electrons. The number of urea groups is 1. The van der Waals surface area contributed by atoms with Gasteiger partial charge in [0, 0.05) is 37.2 Å². The van der Waals surface area contributed by atoms with Gasteiger partial charge in [-0.05, 0) is 48.2 Å². The van der Waals surface area contributed by atoms with Crippen LogP contribution in [-0.4, -0.2) is 59.3 Å². The van der Waals surface area contributed by atoms with E-state index in [-0.39, 0.29) is 30.3 Å². The number of benzene rings is 3. The number of nitrogens with zero attached hydrogens (tertiary/aromatic N) is 2. The molecule has 0 aromatic heterocycles. The first-order valence-electron chi connectivity index (χ1n) is 12.1. The van der Waals surface area contributed by atoms with E-state index < -0.39 is 17.7 Å². The molecular formula is C28H29F2N3O2. The lowest BCUT2D eigenvalue weighted by Crippen LogP contribution is -2.68. The largest absolute Gasteiger partial charge is 0.395 e. The van der Waals surface area contributed by atoms with Crippen molar-refractivity contribution in [3.05, 3.63) is 90.0 Å². The fourth-order valence-corrected chi connectivity index (χ4v) is 5.44. The van der Waals surface area contributed by atoms with Crippen LogP contribution < -0.4 is 5.32 Å². The van der Waals surface area contributed by atoms with Crippen molar-refractivity contribution >= 4 is 11.7 Å². The van der Waals surface area contributed by atoms with Gasteiger partial charge in [0.15, 0.2) is 0 Å². The number of carbonyl (C=O) groups excluding carboxylic acids is 1. The molecule has 3 aromatic rings. The van der Waals surface area contributed by atoms with Crippen molar-refractivity contribution in [1.29, 1.82) is 0 Å². The van der Waals surface area contributed by atoms with E-state index in [4.69, 9.17) is 0 Å². The van der Waals surface area contributed by atoms with E-state index in [2.05, 4.69) is 46.6 Å². The molecule has 5 nitrogen and oxygen atoms in total. The molecule has 2 aliphatic heterocycles. The van der Waals surface area contributed by atoms with Crippen molar-refractivity contribution in [2.45, 2.75) is 30.8 Å². The Morgan fingerprint density at radius 3 is 2.40 bits per heavy atom. The molecule has 2 heterocycles. The summed E-state index contributed by atoms with van der Waals surface area (Å²) < 4.78 is 27.7. The van der Waals surface area contributed by atoms with Crippen LogP contribution in [0.4, 0.5) is 19.3 Å². The van der Waals surface area contributed by atoms with Crippen LogP contribution in [0.3, 0.4) is 0 Å². The van der Waals surface area contributed by atoms with Gasteiger partial charge in [-0.2, -0.15) is 0 Å². The van der Waals surface area contributed by atoms with Crippen LogP contribution in [-0.2, 0) is 0 Å². The van der Waals surface area contributed by atoms with Gasteiger partial charge in [-0.1, -0.05) is 54.6 Å². The fourth-order valence-electron chi connectivity index (χ4n) is 5.44. The average Bonchev–Trinajstić information content (AvgIpc) is 2.86. The maximum atomic E-state index is 14.1. The second kappa shape index (κ2) is 10.1. The molecule has 3 aromatic carbocycles. The molecule has 0 spiro atoms. The first kappa shape index (κ1) is 23.5. The molecule has 2 amide bonds. The lowest BCUT2D eigenvalue weighted by Gasteiger charge is -2.57. The van der Waals surface area contributed by atoms with Crippen LogP contribution in [0.2, 0.25) is 0 Å². The lowest BCUT2D eigenvalue weighted by molar-refractivity contribution is -0.0585. The second-order valence-electron chi connectivity index (χ2n) is 9.28. The molecule has 7 heteroatoms. The minimum absolute atomic E-state index is 0.00810. The van der Waals surface area contributed by atoms with Crippen LogP contribution in [0.25, 0.3) is 11.1 Å². The second-order valence-corrected chi connectivity index (χ2v) is 9.28. The number of nitrogens with one attached hydrogen (secondary N) is 1. The SMILES string of the molecule is O=C(Nc1cc(F)ccc1F)N1CCCCN2[C@H](CO)[C@H](c3ccc(-c4ccccc4)cc3)[C@H]2C1. The van der Waals surface area contributed by atoms with Gasteiger partial charge in [-0.3, -0.25) is 4.90 Å². The Morgan fingerprint density at radius 2 is 1.66 bits per heavy atom. The quantitative estimate of drug-likeness (QED) is 0.551. The van der Waals surface area contributed by atoms with Gasteiger partial charge in [-0.25, -0.2) is 13.6 Å². The number of hydrogen-bond acceptors (Lipinski definition) is 3. The zero-order valence-electron chi connectivity index (χ0n) is 19.4. The Balaban J connectivity index is 1.35. The molecule has 2 fully saturated rings. The molecule has 5 rings (SSSR count). The molecule has 2 saturated heterocycles. The van der Waals surface area contributed by atoms with E-state index in [1.165, 1.54) is 0 Å². The van der Waals surface area contributed by atoms with E-state index in [9.17, 15) is 18.7 Å². The number of fused-ring (bicyclic) bond motifs is 1. The van der Waals surface area contributed by atoms with Gasteiger partial charge in [-0.15, -0.1) is 0 Å². The Hall–Kier alpha value is -3.29. The van der Waals surface area contributed by atoms with Gasteiger partial charge in [0.1, 0.15) is 11.6 Å². The summed E-state index contributed by atoms with van der Waals surface area (Å²) in [6.07, 6.45) is 1.70.